The maximum atomic E-state index is 12.2. The number of amides is 1. The van der Waals surface area contributed by atoms with E-state index in [1.54, 1.807) is 5.38 Å². The van der Waals surface area contributed by atoms with Crippen LogP contribution in [0.4, 0.5) is 10.9 Å². The van der Waals surface area contributed by atoms with Gasteiger partial charge in [0.15, 0.2) is 5.13 Å². The van der Waals surface area contributed by atoms with Crippen LogP contribution in [0.2, 0.25) is 0 Å². The lowest BCUT2D eigenvalue weighted by Gasteiger charge is -2.30. The fourth-order valence-corrected chi connectivity index (χ4v) is 4.03. The Hall–Kier alpha value is -2.57. The van der Waals surface area contributed by atoms with E-state index in [2.05, 4.69) is 50.4 Å². The molecule has 2 aromatic rings. The molecule has 154 valence electrons. The first-order valence-corrected chi connectivity index (χ1v) is 10.8. The van der Waals surface area contributed by atoms with Gasteiger partial charge in [0.2, 0.25) is 0 Å². The van der Waals surface area contributed by atoms with Crippen LogP contribution in [0.1, 0.15) is 54.6 Å². The molecule has 1 aliphatic rings. The third-order valence-corrected chi connectivity index (χ3v) is 5.48. The van der Waals surface area contributed by atoms with Gasteiger partial charge < -0.3 is 10.6 Å². The molecule has 0 spiro atoms. The summed E-state index contributed by atoms with van der Waals surface area (Å²) in [6.07, 6.45) is 2.11. The van der Waals surface area contributed by atoms with Gasteiger partial charge in [0.25, 0.3) is 5.91 Å². The van der Waals surface area contributed by atoms with Crippen LogP contribution in [0.15, 0.2) is 11.4 Å². The second-order valence-corrected chi connectivity index (χ2v) is 8.58. The van der Waals surface area contributed by atoms with Crippen molar-refractivity contribution in [2.24, 2.45) is 5.92 Å². The number of rotatable bonds is 7. The van der Waals surface area contributed by atoms with Crippen molar-refractivity contribution in [2.45, 2.75) is 39.5 Å². The summed E-state index contributed by atoms with van der Waals surface area (Å²) in [5.74, 6) is 1.87. The molecule has 9 heteroatoms. The van der Waals surface area contributed by atoms with E-state index in [-0.39, 0.29) is 11.8 Å². The van der Waals surface area contributed by atoms with Crippen molar-refractivity contribution in [1.29, 1.82) is 5.26 Å². The molecule has 0 saturated carbocycles. The Morgan fingerprint density at radius 1 is 1.41 bits per heavy atom. The second kappa shape index (κ2) is 9.76. The Bertz CT molecular complexity index is 889. The molecule has 8 nitrogen and oxygen atoms in total. The van der Waals surface area contributed by atoms with E-state index in [0.717, 1.165) is 31.6 Å². The van der Waals surface area contributed by atoms with Gasteiger partial charge in [-0.3, -0.25) is 9.69 Å². The molecule has 0 aromatic carbocycles. The number of hydrogen-bond acceptors (Lipinski definition) is 8. The predicted octanol–water partition coefficient (Wildman–Crippen LogP) is 3.07. The first-order valence-electron chi connectivity index (χ1n) is 9.90. The molecule has 1 atom stereocenters. The van der Waals surface area contributed by atoms with Crippen molar-refractivity contribution in [3.63, 3.8) is 0 Å². The summed E-state index contributed by atoms with van der Waals surface area (Å²) >= 11 is 1.37. The third kappa shape index (κ3) is 5.95. The molecular weight excluding hydrogens is 386 g/mol. The molecule has 3 rings (SSSR count). The highest BCUT2D eigenvalue weighted by Crippen LogP contribution is 2.28. The molecule has 2 N–H and O–H groups in total. The van der Waals surface area contributed by atoms with Crippen LogP contribution in [0.5, 0.6) is 0 Å². The van der Waals surface area contributed by atoms with Crippen LogP contribution in [0.25, 0.3) is 0 Å². The largest absolute Gasteiger partial charge is 0.350 e. The Balaban J connectivity index is 1.69. The lowest BCUT2D eigenvalue weighted by molar-refractivity contribution is 0.0945. The average molecular weight is 414 g/mol. The number of anilines is 2. The predicted molar refractivity (Wildman–Crippen MR) is 113 cm³/mol. The highest BCUT2D eigenvalue weighted by atomic mass is 32.1. The van der Waals surface area contributed by atoms with Crippen LogP contribution in [-0.4, -0.2) is 51.9 Å². The number of aryl methyl sites for hydroxylation is 1. The minimum Gasteiger partial charge on any atom is -0.350 e. The van der Waals surface area contributed by atoms with E-state index in [9.17, 15) is 4.79 Å². The molecule has 1 fully saturated rings. The zero-order valence-corrected chi connectivity index (χ0v) is 17.9. The van der Waals surface area contributed by atoms with Crippen molar-refractivity contribution in [1.82, 2.24) is 25.2 Å². The summed E-state index contributed by atoms with van der Waals surface area (Å²) in [5.41, 5.74) is 1.39. The van der Waals surface area contributed by atoms with Crippen LogP contribution in [0.3, 0.4) is 0 Å². The van der Waals surface area contributed by atoms with Gasteiger partial charge in [0, 0.05) is 30.5 Å². The lowest BCUT2D eigenvalue weighted by atomic mass is 9.94. The number of nitrogens with one attached hydrogen (secondary N) is 2. The fraction of sp³-hybridized carbons (Fsp3) is 0.550. The molecular formula is C20H27N7OS. The third-order valence-electron chi connectivity index (χ3n) is 4.72. The second-order valence-electron chi connectivity index (χ2n) is 7.72. The van der Waals surface area contributed by atoms with E-state index in [1.807, 2.05) is 13.0 Å². The summed E-state index contributed by atoms with van der Waals surface area (Å²) in [4.78, 5) is 27.8. The summed E-state index contributed by atoms with van der Waals surface area (Å²) in [5, 5.41) is 17.4. The van der Waals surface area contributed by atoms with E-state index in [4.69, 9.17) is 5.26 Å². The SMILES string of the molecule is Cc1nc(Nc2nc(C(=O)NCC(C)C)cs2)cc([C@@H]2CCCN(CC#N)C2)n1. The van der Waals surface area contributed by atoms with Gasteiger partial charge >= 0.3 is 0 Å². The van der Waals surface area contributed by atoms with Gasteiger partial charge in [-0.2, -0.15) is 5.26 Å². The fourth-order valence-electron chi connectivity index (χ4n) is 3.34. The number of nitrogens with zero attached hydrogens (tertiary/aromatic N) is 5. The Labute approximate surface area is 175 Å². The number of likely N-dealkylation sites (tertiary alicyclic amines) is 1. The Morgan fingerprint density at radius 2 is 2.24 bits per heavy atom. The number of piperidine rings is 1. The summed E-state index contributed by atoms with van der Waals surface area (Å²) in [6, 6.07) is 4.18. The number of carbonyl (C=O) groups excluding carboxylic acids is 1. The number of nitriles is 1. The topological polar surface area (TPSA) is 107 Å². The molecule has 3 heterocycles. The Morgan fingerprint density at radius 3 is 3.00 bits per heavy atom. The minimum atomic E-state index is -0.164. The van der Waals surface area contributed by atoms with Crippen LogP contribution >= 0.6 is 11.3 Å². The summed E-state index contributed by atoms with van der Waals surface area (Å²) < 4.78 is 0. The van der Waals surface area contributed by atoms with Crippen molar-refractivity contribution < 1.29 is 4.79 Å². The maximum absolute atomic E-state index is 12.2. The molecule has 0 radical (unpaired) electrons. The molecule has 0 unspecified atom stereocenters. The zero-order chi connectivity index (χ0) is 20.8. The quantitative estimate of drug-likeness (QED) is 0.672. The standard InChI is InChI=1S/C20H27N7OS/c1-13(2)10-22-19(28)17-12-29-20(25-17)26-18-9-16(23-14(3)24-18)15-5-4-7-27(11-15)8-6-21/h9,12-13,15H,4-5,7-8,10-11H2,1-3H3,(H,22,28)(H,23,24,25,26)/t15-/m1/s1. The van der Waals surface area contributed by atoms with Crippen molar-refractivity contribution >= 4 is 28.2 Å². The molecule has 1 aliphatic heterocycles. The summed E-state index contributed by atoms with van der Waals surface area (Å²) in [7, 11) is 0. The number of carbonyl (C=O) groups is 1. The smallest absolute Gasteiger partial charge is 0.270 e. The van der Waals surface area contributed by atoms with Gasteiger partial charge in [0.1, 0.15) is 17.3 Å². The first kappa shape index (κ1) is 21.1. The molecule has 0 bridgehead atoms. The maximum Gasteiger partial charge on any atom is 0.270 e. The van der Waals surface area contributed by atoms with E-state index >= 15 is 0 Å². The average Bonchev–Trinajstić information content (AvgIpc) is 3.14. The van der Waals surface area contributed by atoms with Crippen molar-refractivity contribution in [3.05, 3.63) is 28.7 Å². The van der Waals surface area contributed by atoms with Gasteiger partial charge in [-0.25, -0.2) is 15.0 Å². The van der Waals surface area contributed by atoms with E-state index in [0.29, 0.717) is 41.5 Å². The van der Waals surface area contributed by atoms with E-state index in [1.165, 1.54) is 11.3 Å². The molecule has 1 saturated heterocycles. The van der Waals surface area contributed by atoms with Crippen LogP contribution < -0.4 is 10.6 Å². The molecule has 0 aliphatic carbocycles. The van der Waals surface area contributed by atoms with Gasteiger partial charge in [-0.15, -0.1) is 11.3 Å². The van der Waals surface area contributed by atoms with Crippen LogP contribution in [-0.2, 0) is 0 Å². The number of hydrogen-bond donors (Lipinski definition) is 2. The highest BCUT2D eigenvalue weighted by Gasteiger charge is 2.23. The Kier molecular flexibility index (Phi) is 7.12. The number of aromatic nitrogens is 3. The first-order chi connectivity index (χ1) is 13.9. The van der Waals surface area contributed by atoms with Crippen molar-refractivity contribution in [2.75, 3.05) is 31.5 Å². The van der Waals surface area contributed by atoms with E-state index < -0.39 is 0 Å². The summed E-state index contributed by atoms with van der Waals surface area (Å²) in [6.45, 7) is 8.84. The van der Waals surface area contributed by atoms with Crippen molar-refractivity contribution in [3.8, 4) is 6.07 Å². The molecule has 29 heavy (non-hydrogen) atoms. The molecule has 1 amide bonds. The normalized spacial score (nSPS) is 17.1. The molecule has 2 aromatic heterocycles. The minimum absolute atomic E-state index is 0.164. The van der Waals surface area contributed by atoms with Crippen LogP contribution in [0, 0.1) is 24.2 Å². The van der Waals surface area contributed by atoms with Gasteiger partial charge in [-0.05, 0) is 32.2 Å². The number of thiazole rings is 1. The lowest BCUT2D eigenvalue weighted by Crippen LogP contribution is -2.35. The monoisotopic (exact) mass is 413 g/mol. The zero-order valence-electron chi connectivity index (χ0n) is 17.1. The highest BCUT2D eigenvalue weighted by molar-refractivity contribution is 7.14. The van der Waals surface area contributed by atoms with Gasteiger partial charge in [0.05, 0.1) is 18.3 Å². The van der Waals surface area contributed by atoms with Gasteiger partial charge in [-0.1, -0.05) is 13.8 Å².